The van der Waals surface area contributed by atoms with Gasteiger partial charge in [-0.25, -0.2) is 0 Å². The molecule has 0 bridgehead atoms. The Bertz CT molecular complexity index is 680. The van der Waals surface area contributed by atoms with Crippen molar-refractivity contribution in [3.8, 4) is 22.8 Å². The van der Waals surface area contributed by atoms with Crippen molar-refractivity contribution in [1.29, 1.82) is 0 Å². The molecule has 0 unspecified atom stereocenters. The van der Waals surface area contributed by atoms with E-state index in [9.17, 15) is 4.79 Å². The number of aryl methyl sites for hydroxylation is 1. The number of amides is 1. The van der Waals surface area contributed by atoms with Gasteiger partial charge in [-0.05, 0) is 30.7 Å². The van der Waals surface area contributed by atoms with Crippen LogP contribution in [0.1, 0.15) is 30.3 Å². The summed E-state index contributed by atoms with van der Waals surface area (Å²) in [5.41, 5.74) is 2.01. The number of rotatable bonds is 7. The van der Waals surface area contributed by atoms with Crippen LogP contribution >= 0.6 is 0 Å². The fourth-order valence-electron chi connectivity index (χ4n) is 2.31. The molecule has 2 aromatic rings. The van der Waals surface area contributed by atoms with Crippen LogP contribution in [-0.4, -0.2) is 36.5 Å². The van der Waals surface area contributed by atoms with Crippen LogP contribution in [-0.2, 0) is 7.05 Å². The van der Waals surface area contributed by atoms with Gasteiger partial charge in [0.25, 0.3) is 5.91 Å². The Morgan fingerprint density at radius 1 is 1.26 bits per heavy atom. The Labute approximate surface area is 136 Å². The number of hydrogen-bond acceptors (Lipinski definition) is 4. The zero-order valence-electron chi connectivity index (χ0n) is 14.0. The summed E-state index contributed by atoms with van der Waals surface area (Å²) in [6.45, 7) is 2.74. The summed E-state index contributed by atoms with van der Waals surface area (Å²) in [5.74, 6) is 1.25. The molecule has 1 N–H and O–H groups in total. The molecule has 6 heteroatoms. The summed E-state index contributed by atoms with van der Waals surface area (Å²) in [7, 11) is 5.03. The van der Waals surface area contributed by atoms with E-state index in [1.807, 2.05) is 18.2 Å². The Kier molecular flexibility index (Phi) is 5.62. The maximum atomic E-state index is 12.2. The van der Waals surface area contributed by atoms with E-state index in [-0.39, 0.29) is 5.91 Å². The smallest absolute Gasteiger partial charge is 0.271 e. The van der Waals surface area contributed by atoms with E-state index in [1.54, 1.807) is 32.0 Å². The van der Waals surface area contributed by atoms with Crippen molar-refractivity contribution in [3.05, 3.63) is 30.0 Å². The minimum Gasteiger partial charge on any atom is -0.497 e. The van der Waals surface area contributed by atoms with Crippen molar-refractivity contribution < 1.29 is 14.3 Å². The first-order valence-electron chi connectivity index (χ1n) is 7.65. The number of nitrogens with zero attached hydrogens (tertiary/aromatic N) is 2. The van der Waals surface area contributed by atoms with E-state index in [1.165, 1.54) is 0 Å². The Morgan fingerprint density at radius 3 is 2.70 bits per heavy atom. The summed E-state index contributed by atoms with van der Waals surface area (Å²) in [6, 6.07) is 7.30. The maximum Gasteiger partial charge on any atom is 0.271 e. The van der Waals surface area contributed by atoms with Gasteiger partial charge in [0.15, 0.2) is 5.69 Å². The predicted molar refractivity (Wildman–Crippen MR) is 89.0 cm³/mol. The summed E-state index contributed by atoms with van der Waals surface area (Å²) in [4.78, 5) is 12.2. The van der Waals surface area contributed by atoms with Crippen molar-refractivity contribution in [2.24, 2.45) is 7.05 Å². The lowest BCUT2D eigenvalue weighted by Crippen LogP contribution is -2.24. The third kappa shape index (κ3) is 3.83. The molecule has 0 fully saturated rings. The molecular formula is C17H23N3O3. The lowest BCUT2D eigenvalue weighted by Gasteiger charge is -2.10. The van der Waals surface area contributed by atoms with E-state index < -0.39 is 0 Å². The third-order valence-corrected chi connectivity index (χ3v) is 3.61. The molecule has 0 aliphatic carbocycles. The van der Waals surface area contributed by atoms with Gasteiger partial charge >= 0.3 is 0 Å². The first-order valence-corrected chi connectivity index (χ1v) is 7.65. The third-order valence-electron chi connectivity index (χ3n) is 3.61. The van der Waals surface area contributed by atoms with Crippen LogP contribution in [0.2, 0.25) is 0 Å². The summed E-state index contributed by atoms with van der Waals surface area (Å²) >= 11 is 0. The van der Waals surface area contributed by atoms with Gasteiger partial charge in [0.2, 0.25) is 0 Å². The Balaban J connectivity index is 2.32. The second kappa shape index (κ2) is 7.67. The highest BCUT2D eigenvalue weighted by Crippen LogP contribution is 2.33. The molecule has 0 saturated carbocycles. The lowest BCUT2D eigenvalue weighted by molar-refractivity contribution is 0.0947. The maximum absolute atomic E-state index is 12.2. The molecule has 1 amide bonds. The predicted octanol–water partition coefficient (Wildman–Crippen LogP) is 2.63. The van der Waals surface area contributed by atoms with Crippen molar-refractivity contribution in [3.63, 3.8) is 0 Å². The number of carbonyl (C=O) groups is 1. The molecule has 0 spiro atoms. The van der Waals surface area contributed by atoms with Crippen LogP contribution in [0.25, 0.3) is 11.3 Å². The number of hydrogen-bond donors (Lipinski definition) is 1. The normalized spacial score (nSPS) is 10.4. The summed E-state index contributed by atoms with van der Waals surface area (Å²) in [5, 5.41) is 7.18. The van der Waals surface area contributed by atoms with Gasteiger partial charge in [-0.2, -0.15) is 5.10 Å². The fraction of sp³-hybridized carbons (Fsp3) is 0.412. The average molecular weight is 317 g/mol. The van der Waals surface area contributed by atoms with Gasteiger partial charge in [-0.3, -0.25) is 9.48 Å². The molecule has 0 radical (unpaired) electrons. The zero-order valence-corrected chi connectivity index (χ0v) is 14.0. The minimum atomic E-state index is -0.165. The number of aromatic nitrogens is 2. The molecule has 1 heterocycles. The molecule has 0 atom stereocenters. The van der Waals surface area contributed by atoms with Gasteiger partial charge in [-0.15, -0.1) is 0 Å². The SMILES string of the molecule is CCCCNC(=O)c1cc(-c2cc(OC)ccc2OC)n(C)n1. The van der Waals surface area contributed by atoms with Gasteiger partial charge < -0.3 is 14.8 Å². The van der Waals surface area contributed by atoms with Crippen molar-refractivity contribution in [1.82, 2.24) is 15.1 Å². The minimum absolute atomic E-state index is 0.165. The first-order chi connectivity index (χ1) is 11.1. The highest BCUT2D eigenvalue weighted by molar-refractivity contribution is 5.93. The van der Waals surface area contributed by atoms with E-state index in [4.69, 9.17) is 9.47 Å². The van der Waals surface area contributed by atoms with Crippen molar-refractivity contribution in [2.75, 3.05) is 20.8 Å². The summed E-state index contributed by atoms with van der Waals surface area (Å²) in [6.07, 6.45) is 1.99. The van der Waals surface area contributed by atoms with Gasteiger partial charge in [0, 0.05) is 19.2 Å². The molecule has 0 aliphatic rings. The quantitative estimate of drug-likeness (QED) is 0.797. The summed E-state index contributed by atoms with van der Waals surface area (Å²) < 4.78 is 12.3. The molecule has 23 heavy (non-hydrogen) atoms. The van der Waals surface area contributed by atoms with E-state index in [0.29, 0.717) is 18.0 Å². The molecular weight excluding hydrogens is 294 g/mol. The lowest BCUT2D eigenvalue weighted by atomic mass is 10.1. The van der Waals surface area contributed by atoms with Crippen LogP contribution < -0.4 is 14.8 Å². The molecule has 6 nitrogen and oxygen atoms in total. The number of methoxy groups -OCH3 is 2. The topological polar surface area (TPSA) is 65.4 Å². The van der Waals surface area contributed by atoms with Crippen LogP contribution in [0, 0.1) is 0 Å². The number of unbranched alkanes of at least 4 members (excludes halogenated alkanes) is 1. The molecule has 2 rings (SSSR count). The highest BCUT2D eigenvalue weighted by Gasteiger charge is 2.17. The number of carbonyl (C=O) groups excluding carboxylic acids is 1. The van der Waals surface area contributed by atoms with Crippen LogP contribution in [0.4, 0.5) is 0 Å². The molecule has 1 aromatic heterocycles. The van der Waals surface area contributed by atoms with Crippen molar-refractivity contribution >= 4 is 5.91 Å². The van der Waals surface area contributed by atoms with Crippen molar-refractivity contribution in [2.45, 2.75) is 19.8 Å². The monoisotopic (exact) mass is 317 g/mol. The van der Waals surface area contributed by atoms with Crippen LogP contribution in [0.5, 0.6) is 11.5 Å². The fourth-order valence-corrected chi connectivity index (χ4v) is 2.31. The van der Waals surface area contributed by atoms with Crippen LogP contribution in [0.15, 0.2) is 24.3 Å². The van der Waals surface area contributed by atoms with Gasteiger partial charge in [0.05, 0.1) is 19.9 Å². The Morgan fingerprint density at radius 2 is 2.04 bits per heavy atom. The molecule has 0 aliphatic heterocycles. The zero-order chi connectivity index (χ0) is 16.8. The average Bonchev–Trinajstić information content (AvgIpc) is 2.96. The largest absolute Gasteiger partial charge is 0.497 e. The molecule has 0 saturated heterocycles. The number of ether oxygens (including phenoxy) is 2. The van der Waals surface area contributed by atoms with Gasteiger partial charge in [0.1, 0.15) is 11.5 Å². The van der Waals surface area contributed by atoms with Gasteiger partial charge in [-0.1, -0.05) is 13.3 Å². The van der Waals surface area contributed by atoms with Crippen LogP contribution in [0.3, 0.4) is 0 Å². The molecule has 1 aromatic carbocycles. The van der Waals surface area contributed by atoms with E-state index in [0.717, 1.165) is 29.8 Å². The van der Waals surface area contributed by atoms with E-state index in [2.05, 4.69) is 17.3 Å². The Hall–Kier alpha value is -2.50. The van der Waals surface area contributed by atoms with E-state index >= 15 is 0 Å². The first kappa shape index (κ1) is 16.9. The second-order valence-corrected chi connectivity index (χ2v) is 5.21. The second-order valence-electron chi connectivity index (χ2n) is 5.21. The number of benzene rings is 1. The highest BCUT2D eigenvalue weighted by atomic mass is 16.5. The number of nitrogens with one attached hydrogen (secondary N) is 1. The molecule has 124 valence electrons. The standard InChI is InChI=1S/C17H23N3O3/c1-5-6-9-18-17(21)14-11-15(20(2)19-14)13-10-12(22-3)7-8-16(13)23-4/h7-8,10-11H,5-6,9H2,1-4H3,(H,18,21).